The maximum Gasteiger partial charge on any atom is 0.302 e. The zero-order chi connectivity index (χ0) is 37.7. The normalized spacial score (nSPS) is 31.8. The van der Waals surface area contributed by atoms with Gasteiger partial charge in [0.1, 0.15) is 11.9 Å². The minimum absolute atomic E-state index is 0.0270. The van der Waals surface area contributed by atoms with Crippen LogP contribution < -0.4 is 0 Å². The molecule has 0 aromatic heterocycles. The van der Waals surface area contributed by atoms with Crippen LogP contribution in [-0.4, -0.2) is 46.7 Å². The van der Waals surface area contributed by atoms with Gasteiger partial charge in [-0.15, -0.1) is 0 Å². The molecule has 50 heavy (non-hydrogen) atoms. The lowest BCUT2D eigenvalue weighted by Crippen LogP contribution is -2.49. The molecule has 0 aromatic rings. The summed E-state index contributed by atoms with van der Waals surface area (Å²) < 4.78 is 20.2. The van der Waals surface area contributed by atoms with Gasteiger partial charge in [-0.05, 0) is 128 Å². The van der Waals surface area contributed by atoms with Crippen molar-refractivity contribution in [2.24, 2.45) is 28.6 Å². The zero-order valence-electron chi connectivity index (χ0n) is 34.6. The maximum absolute atomic E-state index is 13.4. The lowest BCUT2D eigenvalue weighted by Gasteiger charge is -2.46. The Morgan fingerprint density at radius 3 is 2.10 bits per heavy atom. The van der Waals surface area contributed by atoms with Gasteiger partial charge in [0.05, 0.1) is 12.2 Å². The first-order valence-electron chi connectivity index (χ1n) is 20.0. The third-order valence-electron chi connectivity index (χ3n) is 14.8. The lowest BCUT2D eigenvalue weighted by molar-refractivity contribution is -0.153. The number of Topliss-reactive ketones (excluding diaryl/α,β-unsaturated/α-hetero) is 1. The van der Waals surface area contributed by atoms with Crippen molar-refractivity contribution >= 4 is 28.4 Å². The van der Waals surface area contributed by atoms with Gasteiger partial charge in [-0.3, -0.25) is 9.59 Å². The molecule has 0 saturated heterocycles. The molecule has 0 aliphatic heterocycles. The second kappa shape index (κ2) is 14.9. The van der Waals surface area contributed by atoms with Gasteiger partial charge in [0.25, 0.3) is 0 Å². The zero-order valence-corrected chi connectivity index (χ0v) is 36.6. The molecule has 0 aromatic carbocycles. The Balaban J connectivity index is 1.60. The average molecular weight is 727 g/mol. The quantitative estimate of drug-likeness (QED) is 0.148. The molecule has 4 saturated carbocycles. The second-order valence-electron chi connectivity index (χ2n) is 20.1. The minimum Gasteiger partial charge on any atom is -0.462 e. The van der Waals surface area contributed by atoms with Gasteiger partial charge in [0.15, 0.2) is 16.6 Å². The third-order valence-corrected chi connectivity index (χ3v) is 23.8. The Kier molecular flexibility index (Phi) is 12.3. The summed E-state index contributed by atoms with van der Waals surface area (Å²) in [4.78, 5) is 25.7. The van der Waals surface area contributed by atoms with E-state index >= 15 is 0 Å². The Hall–Kier alpha value is -1.29. The van der Waals surface area contributed by atoms with Crippen LogP contribution >= 0.6 is 0 Å². The van der Waals surface area contributed by atoms with Crippen molar-refractivity contribution in [1.82, 2.24) is 0 Å². The number of fused-ring (bicyclic) bond motifs is 1. The summed E-state index contributed by atoms with van der Waals surface area (Å²) in [6.45, 7) is 36.4. The van der Waals surface area contributed by atoms with Crippen LogP contribution in [0.15, 0.2) is 35.5 Å². The molecule has 0 heterocycles. The van der Waals surface area contributed by atoms with E-state index in [1.54, 1.807) is 5.57 Å². The Bertz CT molecular complexity index is 1340. The molecule has 0 bridgehead atoms. The molecule has 7 atom stereocenters. The summed E-state index contributed by atoms with van der Waals surface area (Å²) in [5.41, 5.74) is 3.92. The summed E-state index contributed by atoms with van der Waals surface area (Å²) >= 11 is 0. The highest BCUT2D eigenvalue weighted by atomic mass is 28.4. The smallest absolute Gasteiger partial charge is 0.302 e. The van der Waals surface area contributed by atoms with Gasteiger partial charge < -0.3 is 13.6 Å². The number of carbonyl (C=O) groups is 2. The third kappa shape index (κ3) is 8.74. The molecule has 0 N–H and O–H groups in total. The molecule has 5 nitrogen and oxygen atoms in total. The number of hydrogen-bond donors (Lipinski definition) is 0. The summed E-state index contributed by atoms with van der Waals surface area (Å²) in [5, 5.41) is 0.259. The van der Waals surface area contributed by atoms with Crippen molar-refractivity contribution in [2.45, 2.75) is 194 Å². The largest absolute Gasteiger partial charge is 0.462 e. The molecule has 4 rings (SSSR count). The van der Waals surface area contributed by atoms with Crippen LogP contribution in [0.2, 0.25) is 36.3 Å². The van der Waals surface area contributed by atoms with Crippen LogP contribution in [0.25, 0.3) is 0 Å². The van der Waals surface area contributed by atoms with Gasteiger partial charge in [-0.25, -0.2) is 0 Å². The number of ether oxygens (including phenoxy) is 1. The average Bonchev–Trinajstić information content (AvgIpc) is 3.70. The van der Waals surface area contributed by atoms with Crippen LogP contribution in [0, 0.1) is 28.6 Å². The fourth-order valence-electron chi connectivity index (χ4n) is 9.10. The lowest BCUT2D eigenvalue weighted by atomic mass is 9.60. The van der Waals surface area contributed by atoms with E-state index in [0.717, 1.165) is 63.4 Å². The molecular weight excluding hydrogens is 653 g/mol. The predicted molar refractivity (Wildman–Crippen MR) is 213 cm³/mol. The summed E-state index contributed by atoms with van der Waals surface area (Å²) in [6, 6.07) is 0. The van der Waals surface area contributed by atoms with Crippen molar-refractivity contribution < 1.29 is 23.2 Å². The van der Waals surface area contributed by atoms with Crippen molar-refractivity contribution in [3.05, 3.63) is 35.5 Å². The highest BCUT2D eigenvalue weighted by Crippen LogP contribution is 2.60. The van der Waals surface area contributed by atoms with Crippen molar-refractivity contribution in [3.8, 4) is 0 Å². The van der Waals surface area contributed by atoms with Crippen LogP contribution in [0.3, 0.4) is 0 Å². The van der Waals surface area contributed by atoms with E-state index in [9.17, 15) is 9.59 Å². The maximum atomic E-state index is 13.4. The van der Waals surface area contributed by atoms with Gasteiger partial charge in [-0.1, -0.05) is 86.6 Å². The number of carbonyl (C=O) groups excluding carboxylic acids is 2. The SMILES string of the molecule is C=C1C(=CC=C2CCC[C@]3(C)[C@@H]([C@H](C)C(CC(=O)C4(CC)CC4)OC(C)=O)CC[C@@H]23)C[C@@H](O[Si](C)(C)C(C)(C)C)C[C@@H]1O[Si](C)(C)C(C)(C)C. The number of ketones is 1. The van der Waals surface area contributed by atoms with E-state index in [-0.39, 0.29) is 51.1 Å². The first kappa shape index (κ1) is 41.5. The van der Waals surface area contributed by atoms with Gasteiger partial charge in [0, 0.05) is 25.2 Å². The monoisotopic (exact) mass is 727 g/mol. The summed E-state index contributed by atoms with van der Waals surface area (Å²) in [7, 11) is -4.01. The minimum atomic E-state index is -2.03. The van der Waals surface area contributed by atoms with Crippen molar-refractivity contribution in [1.29, 1.82) is 0 Å². The standard InChI is InChI=1S/C43H74O5Si2/c1-16-43(24-25-43)39(45)28-37(46-31(4)44)30(3)35-21-22-36-32(18-17-23-42(35,36)11)19-20-33-26-34(47-49(12,13)40(5,6)7)27-38(29(33)2)48-50(14,15)41(8,9)10/h19-20,30,34-38H,2,16-18,21-28H2,1,3-15H3/t30-,34+,35+,36-,37?,38-,42+/m0/s1. The predicted octanol–water partition coefficient (Wildman–Crippen LogP) is 11.9. The molecule has 1 unspecified atom stereocenters. The Morgan fingerprint density at radius 2 is 1.56 bits per heavy atom. The molecule has 7 heteroatoms. The Labute approximate surface area is 309 Å². The van der Waals surface area contributed by atoms with Crippen molar-refractivity contribution in [2.75, 3.05) is 0 Å². The molecule has 4 aliphatic rings. The van der Waals surface area contributed by atoms with E-state index in [1.807, 2.05) is 0 Å². The van der Waals surface area contributed by atoms with E-state index in [0.29, 0.717) is 24.0 Å². The number of rotatable bonds is 12. The number of allylic oxidation sites excluding steroid dienone is 3. The summed E-state index contributed by atoms with van der Waals surface area (Å²) in [6.07, 6.45) is 15.3. The molecule has 4 aliphatic carbocycles. The second-order valence-corrected chi connectivity index (χ2v) is 29.6. The molecule has 284 valence electrons. The highest BCUT2D eigenvalue weighted by molar-refractivity contribution is 6.74. The highest BCUT2D eigenvalue weighted by Gasteiger charge is 2.54. The van der Waals surface area contributed by atoms with Crippen LogP contribution in [0.5, 0.6) is 0 Å². The van der Waals surface area contributed by atoms with Gasteiger partial charge >= 0.3 is 5.97 Å². The fraction of sp³-hybridized carbons (Fsp3) is 0.814. The van der Waals surface area contributed by atoms with E-state index in [2.05, 4.69) is 107 Å². The van der Waals surface area contributed by atoms with Crippen LogP contribution in [-0.2, 0) is 23.2 Å². The number of esters is 1. The molecule has 0 spiro atoms. The van der Waals surface area contributed by atoms with E-state index < -0.39 is 16.6 Å². The Morgan fingerprint density at radius 1 is 0.960 bits per heavy atom. The molecule has 4 fully saturated rings. The first-order valence-corrected chi connectivity index (χ1v) is 25.8. The van der Waals surface area contributed by atoms with E-state index in [4.69, 9.17) is 13.6 Å². The van der Waals surface area contributed by atoms with Gasteiger partial charge in [0.2, 0.25) is 0 Å². The molecule has 0 radical (unpaired) electrons. The summed E-state index contributed by atoms with van der Waals surface area (Å²) in [5.74, 6) is 1.07. The first-order chi connectivity index (χ1) is 22.9. The van der Waals surface area contributed by atoms with Crippen molar-refractivity contribution in [3.63, 3.8) is 0 Å². The topological polar surface area (TPSA) is 61.8 Å². The van der Waals surface area contributed by atoms with Gasteiger partial charge in [-0.2, -0.15) is 0 Å². The van der Waals surface area contributed by atoms with E-state index in [1.165, 1.54) is 18.9 Å². The van der Waals surface area contributed by atoms with Crippen LogP contribution in [0.1, 0.15) is 140 Å². The molecule has 0 amide bonds. The number of hydrogen-bond acceptors (Lipinski definition) is 5. The molecular formula is C43H74O5Si2. The van der Waals surface area contributed by atoms with Crippen LogP contribution in [0.4, 0.5) is 0 Å². The fourth-order valence-corrected chi connectivity index (χ4v) is 11.8.